The molecule has 1 aromatic carbocycles. The molecule has 2 saturated heterocycles. The first-order chi connectivity index (χ1) is 13.9. The summed E-state index contributed by atoms with van der Waals surface area (Å²) in [5.41, 5.74) is -0.173. The summed E-state index contributed by atoms with van der Waals surface area (Å²) in [5, 5.41) is 9.93. The molecule has 2 heterocycles. The molecule has 0 bridgehead atoms. The monoisotopic (exact) mass is 395 g/mol. The molecule has 29 heavy (non-hydrogen) atoms. The Morgan fingerprint density at radius 3 is 2.52 bits per heavy atom. The quantitative estimate of drug-likeness (QED) is 0.663. The number of carbonyl (C=O) groups is 2. The third-order valence-electron chi connectivity index (χ3n) is 5.41. The van der Waals surface area contributed by atoms with Crippen LogP contribution in [-0.2, 0) is 9.59 Å². The molecule has 0 radical (unpaired) electrons. The smallest absolute Gasteiger partial charge is 0.245 e. The number of fused-ring (bicyclic) bond motifs is 1. The molecule has 1 aromatic rings. The van der Waals surface area contributed by atoms with Gasteiger partial charge in [-0.1, -0.05) is 31.4 Å². The summed E-state index contributed by atoms with van der Waals surface area (Å²) in [6.07, 6.45) is 3.55. The van der Waals surface area contributed by atoms with Crippen LogP contribution in [0.5, 0.6) is 11.5 Å². The van der Waals surface area contributed by atoms with Crippen molar-refractivity contribution in [2.75, 3.05) is 26.8 Å². The van der Waals surface area contributed by atoms with E-state index < -0.39 is 17.5 Å². The van der Waals surface area contributed by atoms with E-state index in [0.29, 0.717) is 24.5 Å². The van der Waals surface area contributed by atoms with Crippen molar-refractivity contribution >= 4 is 11.8 Å². The lowest BCUT2D eigenvalue weighted by Crippen LogP contribution is -2.56. The molecule has 0 saturated carbocycles. The third-order valence-corrected chi connectivity index (χ3v) is 5.41. The van der Waals surface area contributed by atoms with Gasteiger partial charge in [-0.2, -0.15) is 5.26 Å². The minimum absolute atomic E-state index is 0.00763. The highest BCUT2D eigenvalue weighted by atomic mass is 16.5. The van der Waals surface area contributed by atoms with Crippen LogP contribution in [-0.4, -0.2) is 54.5 Å². The van der Waals surface area contributed by atoms with Crippen molar-refractivity contribution in [2.24, 2.45) is 5.41 Å². The van der Waals surface area contributed by atoms with Crippen LogP contribution in [0, 0.1) is 16.7 Å². The van der Waals surface area contributed by atoms with Gasteiger partial charge < -0.3 is 19.3 Å². The van der Waals surface area contributed by atoms with E-state index in [9.17, 15) is 14.9 Å². The summed E-state index contributed by atoms with van der Waals surface area (Å²) in [7, 11) is 1.61. The van der Waals surface area contributed by atoms with Crippen LogP contribution >= 0.6 is 0 Å². The standard InChI is InChI=1S/C22H25N3O4/c1-5-9-28-17-8-7-15(11-18(17)29-10-6-2)20-22(3,14-23)12-16-21(27)24(4)13-19(26)25(16)20/h5-8,11,16,20H,1-2,9-10,12-13H2,3-4H3/t16?,20?,22-/m1/s1. The molecular weight excluding hydrogens is 370 g/mol. The molecule has 2 aliphatic rings. The van der Waals surface area contributed by atoms with E-state index in [1.807, 2.05) is 6.07 Å². The minimum Gasteiger partial charge on any atom is -0.486 e. The summed E-state index contributed by atoms with van der Waals surface area (Å²) in [5.74, 6) is 0.717. The first-order valence-corrected chi connectivity index (χ1v) is 9.45. The Bertz CT molecular complexity index is 891. The molecule has 7 nitrogen and oxygen atoms in total. The molecule has 3 atom stereocenters. The average molecular weight is 395 g/mol. The minimum atomic E-state index is -0.902. The van der Waals surface area contributed by atoms with Gasteiger partial charge in [-0.3, -0.25) is 9.59 Å². The van der Waals surface area contributed by atoms with E-state index >= 15 is 0 Å². The molecule has 2 amide bonds. The summed E-state index contributed by atoms with van der Waals surface area (Å²) in [6.45, 7) is 9.71. The fraction of sp³-hybridized carbons (Fsp3) is 0.409. The SMILES string of the molecule is C=CCOc1ccc(C2N3C(=O)CN(C)C(=O)C3C[C@]2(C)C#N)cc1OCC=C. The fourth-order valence-electron chi connectivity index (χ4n) is 4.10. The Morgan fingerprint density at radius 2 is 1.90 bits per heavy atom. The lowest BCUT2D eigenvalue weighted by molar-refractivity contribution is -0.154. The molecule has 0 N–H and O–H groups in total. The number of ether oxygens (including phenoxy) is 2. The Labute approximate surface area is 170 Å². The van der Waals surface area contributed by atoms with E-state index in [0.717, 1.165) is 5.56 Å². The predicted molar refractivity (Wildman–Crippen MR) is 107 cm³/mol. The van der Waals surface area contributed by atoms with Crippen LogP contribution in [0.3, 0.4) is 0 Å². The molecule has 152 valence electrons. The van der Waals surface area contributed by atoms with Crippen LogP contribution in [0.2, 0.25) is 0 Å². The molecular formula is C22H25N3O4. The Hall–Kier alpha value is -3.27. The van der Waals surface area contributed by atoms with E-state index in [2.05, 4.69) is 19.2 Å². The predicted octanol–water partition coefficient (Wildman–Crippen LogP) is 2.46. The van der Waals surface area contributed by atoms with Crippen LogP contribution in [0.1, 0.15) is 24.9 Å². The maximum atomic E-state index is 12.8. The van der Waals surface area contributed by atoms with Gasteiger partial charge in [-0.05, 0) is 31.0 Å². The van der Waals surface area contributed by atoms with Gasteiger partial charge in [0.05, 0.1) is 24.1 Å². The Morgan fingerprint density at radius 1 is 1.24 bits per heavy atom. The molecule has 2 aliphatic heterocycles. The normalized spacial score (nSPS) is 26.0. The second-order valence-electron chi connectivity index (χ2n) is 7.55. The van der Waals surface area contributed by atoms with Gasteiger partial charge in [0.1, 0.15) is 19.3 Å². The topological polar surface area (TPSA) is 82.9 Å². The van der Waals surface area contributed by atoms with Crippen LogP contribution in [0.25, 0.3) is 0 Å². The molecule has 3 rings (SSSR count). The summed E-state index contributed by atoms with van der Waals surface area (Å²) in [4.78, 5) is 28.5. The van der Waals surface area contributed by atoms with Gasteiger partial charge >= 0.3 is 0 Å². The maximum absolute atomic E-state index is 12.8. The van der Waals surface area contributed by atoms with E-state index in [-0.39, 0.29) is 25.0 Å². The second-order valence-corrected chi connectivity index (χ2v) is 7.55. The highest BCUT2D eigenvalue weighted by Gasteiger charge is 2.57. The first kappa shape index (κ1) is 20.5. The molecule has 0 aliphatic carbocycles. The molecule has 2 fully saturated rings. The molecule has 2 unspecified atom stereocenters. The number of benzene rings is 1. The van der Waals surface area contributed by atoms with E-state index in [1.165, 1.54) is 4.90 Å². The molecule has 7 heteroatoms. The van der Waals surface area contributed by atoms with Gasteiger partial charge in [0.25, 0.3) is 0 Å². The first-order valence-electron chi connectivity index (χ1n) is 9.45. The van der Waals surface area contributed by atoms with Gasteiger partial charge in [0, 0.05) is 7.05 Å². The zero-order valence-corrected chi connectivity index (χ0v) is 16.8. The summed E-state index contributed by atoms with van der Waals surface area (Å²) >= 11 is 0. The fourth-order valence-corrected chi connectivity index (χ4v) is 4.10. The van der Waals surface area contributed by atoms with E-state index in [4.69, 9.17) is 9.47 Å². The van der Waals surface area contributed by atoms with Crippen molar-refractivity contribution in [3.8, 4) is 17.6 Å². The maximum Gasteiger partial charge on any atom is 0.245 e. The van der Waals surface area contributed by atoms with E-state index in [1.54, 1.807) is 43.2 Å². The number of hydrogen-bond acceptors (Lipinski definition) is 5. The number of amides is 2. The van der Waals surface area contributed by atoms with Gasteiger partial charge in [0.2, 0.25) is 11.8 Å². The number of piperazine rings is 1. The summed E-state index contributed by atoms with van der Waals surface area (Å²) in [6, 6.07) is 6.51. The number of nitrogens with zero attached hydrogens (tertiary/aromatic N) is 3. The van der Waals surface area contributed by atoms with Crippen molar-refractivity contribution in [3.63, 3.8) is 0 Å². The number of hydrogen-bond donors (Lipinski definition) is 0. The zero-order valence-electron chi connectivity index (χ0n) is 16.8. The van der Waals surface area contributed by atoms with Gasteiger partial charge in [-0.15, -0.1) is 0 Å². The van der Waals surface area contributed by atoms with Crippen LogP contribution in [0.15, 0.2) is 43.5 Å². The van der Waals surface area contributed by atoms with Gasteiger partial charge in [0.15, 0.2) is 11.5 Å². The Kier molecular flexibility index (Phi) is 5.64. The zero-order chi connectivity index (χ0) is 21.2. The number of rotatable bonds is 7. The Balaban J connectivity index is 2.05. The second kappa shape index (κ2) is 8.00. The van der Waals surface area contributed by atoms with Crippen molar-refractivity contribution < 1.29 is 19.1 Å². The average Bonchev–Trinajstić information content (AvgIpc) is 3.04. The van der Waals surface area contributed by atoms with Crippen LogP contribution < -0.4 is 9.47 Å². The molecule has 0 spiro atoms. The number of nitriles is 1. The van der Waals surface area contributed by atoms with Crippen LogP contribution in [0.4, 0.5) is 0 Å². The van der Waals surface area contributed by atoms with Crippen molar-refractivity contribution in [1.29, 1.82) is 5.26 Å². The highest BCUT2D eigenvalue weighted by Crippen LogP contribution is 2.52. The lowest BCUT2D eigenvalue weighted by Gasteiger charge is -2.38. The van der Waals surface area contributed by atoms with Crippen molar-refractivity contribution in [2.45, 2.75) is 25.4 Å². The third kappa shape index (κ3) is 3.58. The summed E-state index contributed by atoms with van der Waals surface area (Å²) < 4.78 is 11.4. The van der Waals surface area contributed by atoms with Gasteiger partial charge in [-0.25, -0.2) is 0 Å². The lowest BCUT2D eigenvalue weighted by atomic mass is 9.79. The molecule has 0 aromatic heterocycles. The highest BCUT2D eigenvalue weighted by molar-refractivity contribution is 5.96. The van der Waals surface area contributed by atoms with Crippen molar-refractivity contribution in [1.82, 2.24) is 9.80 Å². The number of carbonyl (C=O) groups excluding carboxylic acids is 2. The number of likely N-dealkylation sites (N-methyl/N-ethyl adjacent to an activating group) is 1. The van der Waals surface area contributed by atoms with Crippen molar-refractivity contribution in [3.05, 3.63) is 49.1 Å². The largest absolute Gasteiger partial charge is 0.486 e.